The molecule has 2 heteroatoms. The smallest absolute Gasteiger partial charge is 0.253 e. The molecule has 0 fully saturated rings. The summed E-state index contributed by atoms with van der Waals surface area (Å²) in [4.78, 5) is 3.38. The summed E-state index contributed by atoms with van der Waals surface area (Å²) < 4.78 is 0. The van der Waals surface area contributed by atoms with E-state index in [1.165, 1.54) is 69.9 Å². The van der Waals surface area contributed by atoms with Gasteiger partial charge in [0, 0.05) is 12.5 Å². The van der Waals surface area contributed by atoms with Gasteiger partial charge in [-0.2, -0.15) is 0 Å². The highest BCUT2D eigenvalue weighted by Crippen LogP contribution is 2.20. The number of fused-ring (bicyclic) bond motifs is 1. The number of rotatable bonds is 11. The first-order valence-corrected chi connectivity index (χ1v) is 9.44. The van der Waals surface area contributed by atoms with Crippen molar-refractivity contribution >= 4 is 10.9 Å². The molecule has 0 saturated heterocycles. The largest absolute Gasteiger partial charge is 0.502 e. The number of phenols is 1. The van der Waals surface area contributed by atoms with Gasteiger partial charge in [-0.3, -0.25) is 0 Å². The number of H-pyrrole nitrogens is 1. The average Bonchev–Trinajstić information content (AvgIpc) is 2.57. The lowest BCUT2D eigenvalue weighted by molar-refractivity contribution is -0.358. The van der Waals surface area contributed by atoms with Crippen molar-refractivity contribution < 1.29 is 10.1 Å². The van der Waals surface area contributed by atoms with Crippen LogP contribution in [0.25, 0.3) is 10.9 Å². The Bertz CT molecular complexity index is 579. The van der Waals surface area contributed by atoms with Crippen molar-refractivity contribution in [3.63, 3.8) is 0 Å². The van der Waals surface area contributed by atoms with Crippen LogP contribution in [0.2, 0.25) is 0 Å². The zero-order valence-corrected chi connectivity index (χ0v) is 14.6. The third kappa shape index (κ3) is 6.21. The molecule has 0 aliphatic carbocycles. The van der Waals surface area contributed by atoms with Gasteiger partial charge in [-0.05, 0) is 24.6 Å². The van der Waals surface area contributed by atoms with Gasteiger partial charge in [0.05, 0.1) is 5.39 Å². The number of hydrogen-bond acceptors (Lipinski definition) is 1. The SMILES string of the molecule is CCCCCCCCCCCCc1ccc2cccc(O)c2[nH+]1. The van der Waals surface area contributed by atoms with E-state index in [-0.39, 0.29) is 0 Å². The summed E-state index contributed by atoms with van der Waals surface area (Å²) in [5, 5.41) is 11.0. The number of pyridine rings is 1. The van der Waals surface area contributed by atoms with Crippen LogP contribution in [-0.2, 0) is 6.42 Å². The van der Waals surface area contributed by atoms with E-state index in [1.807, 2.05) is 12.1 Å². The third-order valence-corrected chi connectivity index (χ3v) is 4.62. The molecule has 0 aliphatic heterocycles. The molecule has 0 bridgehead atoms. The highest BCUT2D eigenvalue weighted by Gasteiger charge is 2.09. The van der Waals surface area contributed by atoms with E-state index in [0.717, 1.165) is 17.3 Å². The van der Waals surface area contributed by atoms with Crippen LogP contribution in [0.15, 0.2) is 30.3 Å². The summed E-state index contributed by atoms with van der Waals surface area (Å²) in [5.41, 5.74) is 2.08. The Morgan fingerprint density at radius 2 is 1.43 bits per heavy atom. The highest BCUT2D eigenvalue weighted by molar-refractivity contribution is 5.80. The Balaban J connectivity index is 1.60. The van der Waals surface area contributed by atoms with Crippen LogP contribution in [0.3, 0.4) is 0 Å². The minimum atomic E-state index is 0.340. The minimum absolute atomic E-state index is 0.340. The molecule has 2 rings (SSSR count). The summed E-state index contributed by atoms with van der Waals surface area (Å²) in [7, 11) is 0. The van der Waals surface area contributed by atoms with Gasteiger partial charge in [0.2, 0.25) is 0 Å². The first-order valence-electron chi connectivity index (χ1n) is 9.44. The molecule has 0 aliphatic rings. The van der Waals surface area contributed by atoms with Crippen LogP contribution in [0.5, 0.6) is 5.75 Å². The van der Waals surface area contributed by atoms with E-state index in [1.54, 1.807) is 6.07 Å². The molecule has 0 unspecified atom stereocenters. The van der Waals surface area contributed by atoms with E-state index in [0.29, 0.717) is 5.75 Å². The highest BCUT2D eigenvalue weighted by atomic mass is 16.3. The van der Waals surface area contributed by atoms with Crippen molar-refractivity contribution in [2.45, 2.75) is 77.6 Å². The Morgan fingerprint density at radius 3 is 2.13 bits per heavy atom. The number of unbranched alkanes of at least 4 members (excludes halogenated alkanes) is 9. The van der Waals surface area contributed by atoms with Crippen LogP contribution in [-0.4, -0.2) is 5.11 Å². The van der Waals surface area contributed by atoms with Crippen LogP contribution < -0.4 is 4.98 Å². The number of aryl methyl sites for hydroxylation is 1. The Labute approximate surface area is 141 Å². The maximum atomic E-state index is 9.91. The normalized spacial score (nSPS) is 11.2. The van der Waals surface area contributed by atoms with Gasteiger partial charge in [-0.25, -0.2) is 4.98 Å². The van der Waals surface area contributed by atoms with Gasteiger partial charge >= 0.3 is 0 Å². The van der Waals surface area contributed by atoms with E-state index in [2.05, 4.69) is 24.0 Å². The number of para-hydroxylation sites is 1. The lowest BCUT2D eigenvalue weighted by atomic mass is 10.0. The summed E-state index contributed by atoms with van der Waals surface area (Å²) in [6, 6.07) is 9.89. The number of hydrogen-bond donors (Lipinski definition) is 1. The minimum Gasteiger partial charge on any atom is -0.502 e. The van der Waals surface area contributed by atoms with Gasteiger partial charge in [-0.15, -0.1) is 0 Å². The number of aromatic nitrogens is 1. The van der Waals surface area contributed by atoms with Crippen molar-refractivity contribution in [3.05, 3.63) is 36.0 Å². The number of benzene rings is 1. The van der Waals surface area contributed by atoms with E-state index >= 15 is 0 Å². The van der Waals surface area contributed by atoms with Crippen molar-refractivity contribution in [2.24, 2.45) is 0 Å². The molecule has 0 saturated carbocycles. The van der Waals surface area contributed by atoms with E-state index in [9.17, 15) is 5.11 Å². The maximum absolute atomic E-state index is 9.91. The fourth-order valence-corrected chi connectivity index (χ4v) is 3.17. The van der Waals surface area contributed by atoms with Gasteiger partial charge in [0.15, 0.2) is 11.4 Å². The molecular weight excluding hydrogens is 282 g/mol. The zero-order valence-electron chi connectivity index (χ0n) is 14.6. The summed E-state index contributed by atoms with van der Waals surface area (Å²) >= 11 is 0. The third-order valence-electron chi connectivity index (χ3n) is 4.62. The van der Waals surface area contributed by atoms with Crippen molar-refractivity contribution in [3.8, 4) is 5.75 Å². The molecule has 2 N–H and O–H groups in total. The molecule has 1 heterocycles. The van der Waals surface area contributed by atoms with Crippen LogP contribution in [0.1, 0.15) is 76.8 Å². The number of aromatic hydroxyl groups is 1. The number of nitrogens with one attached hydrogen (secondary N) is 1. The second-order valence-corrected chi connectivity index (χ2v) is 6.66. The predicted molar refractivity (Wildman–Crippen MR) is 97.7 cm³/mol. The molecule has 1 aromatic heterocycles. The maximum Gasteiger partial charge on any atom is 0.253 e. The molecule has 126 valence electrons. The fourth-order valence-electron chi connectivity index (χ4n) is 3.17. The first kappa shape index (κ1) is 17.8. The molecule has 0 spiro atoms. The average molecular weight is 314 g/mol. The fraction of sp³-hybridized carbons (Fsp3) is 0.571. The van der Waals surface area contributed by atoms with Crippen LogP contribution in [0, 0.1) is 0 Å². The lowest BCUT2D eigenvalue weighted by Crippen LogP contribution is -2.11. The van der Waals surface area contributed by atoms with Gasteiger partial charge in [0.25, 0.3) is 5.52 Å². The zero-order chi connectivity index (χ0) is 16.3. The monoisotopic (exact) mass is 314 g/mol. The van der Waals surface area contributed by atoms with Gasteiger partial charge < -0.3 is 5.11 Å². The summed E-state index contributed by atoms with van der Waals surface area (Å²) in [6.07, 6.45) is 14.7. The molecule has 0 radical (unpaired) electrons. The molecule has 2 nitrogen and oxygen atoms in total. The van der Waals surface area contributed by atoms with E-state index < -0.39 is 0 Å². The predicted octanol–water partition coefficient (Wildman–Crippen LogP) is 5.82. The van der Waals surface area contributed by atoms with E-state index in [4.69, 9.17) is 0 Å². The summed E-state index contributed by atoms with van der Waals surface area (Å²) in [5.74, 6) is 0.340. The molecule has 1 aromatic carbocycles. The molecule has 0 atom stereocenters. The van der Waals surface area contributed by atoms with Gasteiger partial charge in [0.1, 0.15) is 0 Å². The Kier molecular flexibility index (Phi) is 7.92. The topological polar surface area (TPSA) is 34.4 Å². The Hall–Kier alpha value is -1.57. The Morgan fingerprint density at radius 1 is 0.783 bits per heavy atom. The summed E-state index contributed by atoms with van der Waals surface area (Å²) in [6.45, 7) is 2.27. The van der Waals surface area contributed by atoms with Crippen LogP contribution in [0.4, 0.5) is 0 Å². The lowest BCUT2D eigenvalue weighted by Gasteiger charge is -2.02. The van der Waals surface area contributed by atoms with Crippen LogP contribution >= 0.6 is 0 Å². The second-order valence-electron chi connectivity index (χ2n) is 6.66. The van der Waals surface area contributed by atoms with Crippen molar-refractivity contribution in [2.75, 3.05) is 0 Å². The van der Waals surface area contributed by atoms with Crippen molar-refractivity contribution in [1.82, 2.24) is 0 Å². The first-order chi connectivity index (χ1) is 11.3. The van der Waals surface area contributed by atoms with Gasteiger partial charge in [-0.1, -0.05) is 70.8 Å². The quantitative estimate of drug-likeness (QED) is 0.521. The molecular formula is C21H32NO+. The number of aromatic amines is 1. The van der Waals surface area contributed by atoms with Crippen molar-refractivity contribution in [1.29, 1.82) is 0 Å². The second kappa shape index (κ2) is 10.3. The standard InChI is InChI=1S/C21H31NO/c1-2-3-4-5-6-7-8-9-10-11-14-19-17-16-18-13-12-15-20(23)21(18)22-19/h12-13,15-17,23H,2-11,14H2,1H3/p+1. The number of phenolic OH excluding ortho intramolecular Hbond substituents is 1. The molecule has 0 amide bonds. The molecule has 23 heavy (non-hydrogen) atoms. The molecule has 2 aromatic rings.